The second-order valence-corrected chi connectivity index (χ2v) is 11.2. The maximum atomic E-state index is 13.2. The zero-order chi connectivity index (χ0) is 24.8. The molecule has 3 aromatic rings. The second-order valence-electron chi connectivity index (χ2n) is 9.92. The number of hydrogen-bond acceptors (Lipinski definition) is 6. The van der Waals surface area contributed by atoms with E-state index in [0.717, 1.165) is 23.8 Å². The van der Waals surface area contributed by atoms with Crippen molar-refractivity contribution in [2.45, 2.75) is 68.7 Å². The van der Waals surface area contributed by atoms with Gasteiger partial charge in [-0.1, -0.05) is 56.8 Å². The number of nitrogens with zero attached hydrogens (tertiary/aromatic N) is 4. The number of fused-ring (bicyclic) bond motifs is 2. The fourth-order valence-electron chi connectivity index (χ4n) is 4.26. The molecule has 180 valence electrons. The molecule has 0 spiro atoms. The van der Waals surface area contributed by atoms with Crippen molar-refractivity contribution in [3.63, 3.8) is 0 Å². The average Bonchev–Trinajstić information content (AvgIpc) is 2.80. The summed E-state index contributed by atoms with van der Waals surface area (Å²) < 4.78 is 2.41. The molecule has 1 aliphatic carbocycles. The van der Waals surface area contributed by atoms with E-state index in [1.807, 2.05) is 39.8 Å². The Morgan fingerprint density at radius 1 is 1.15 bits per heavy atom. The number of aryl methyl sites for hydroxylation is 2. The minimum atomic E-state index is -0.498. The first-order valence-electron chi connectivity index (χ1n) is 11.5. The molecule has 1 aliphatic rings. The first kappa shape index (κ1) is 24.2. The van der Waals surface area contributed by atoms with Crippen molar-refractivity contribution in [1.82, 2.24) is 24.4 Å². The Bertz CT molecular complexity index is 1390. The molecular weight excluding hydrogens is 450 g/mol. The van der Waals surface area contributed by atoms with Crippen LogP contribution in [0.15, 0.2) is 38.9 Å². The van der Waals surface area contributed by atoms with Crippen molar-refractivity contribution < 1.29 is 4.79 Å². The lowest BCUT2D eigenvalue weighted by Crippen LogP contribution is -2.38. The van der Waals surface area contributed by atoms with E-state index in [9.17, 15) is 14.4 Å². The quantitative estimate of drug-likeness (QED) is 0.454. The average molecular weight is 482 g/mol. The van der Waals surface area contributed by atoms with Gasteiger partial charge in [-0.15, -0.1) is 0 Å². The molecule has 0 bridgehead atoms. The number of aromatic nitrogens is 4. The lowest BCUT2D eigenvalue weighted by Gasteiger charge is -2.27. The van der Waals surface area contributed by atoms with Crippen LogP contribution in [0, 0.1) is 0 Å². The molecule has 2 heterocycles. The molecule has 0 aliphatic heterocycles. The molecule has 0 fully saturated rings. The third kappa shape index (κ3) is 4.41. The second kappa shape index (κ2) is 9.02. The highest BCUT2D eigenvalue weighted by atomic mass is 32.2. The van der Waals surface area contributed by atoms with Crippen LogP contribution in [0.3, 0.4) is 0 Å². The standard InChI is InChI=1S/C25H31N5O3S/c1-14(20(31)26-17-13-9-11-15-10-7-8-12-16(15)17)34-21-18-19(27-23(28-21)25(2,3)4)29(5)24(33)30(6)22(18)32/h7-8,10,12,14,17H,9,11,13H2,1-6H3,(H,26,31)/t14-,17+/m1/s1. The lowest BCUT2D eigenvalue weighted by molar-refractivity contribution is -0.121. The molecule has 34 heavy (non-hydrogen) atoms. The number of carbonyl (C=O) groups excluding carboxylic acids is 1. The van der Waals surface area contributed by atoms with Gasteiger partial charge in [-0.3, -0.25) is 18.7 Å². The lowest BCUT2D eigenvalue weighted by atomic mass is 9.88. The van der Waals surface area contributed by atoms with E-state index in [4.69, 9.17) is 4.98 Å². The fourth-order valence-corrected chi connectivity index (χ4v) is 5.21. The molecule has 1 amide bonds. The summed E-state index contributed by atoms with van der Waals surface area (Å²) in [4.78, 5) is 48.0. The van der Waals surface area contributed by atoms with Gasteiger partial charge in [0.1, 0.15) is 16.2 Å². The molecule has 0 saturated carbocycles. The molecule has 1 aromatic carbocycles. The van der Waals surface area contributed by atoms with E-state index < -0.39 is 21.9 Å². The van der Waals surface area contributed by atoms with Crippen molar-refractivity contribution in [2.75, 3.05) is 0 Å². The smallest absolute Gasteiger partial charge is 0.332 e. The molecule has 2 aromatic heterocycles. The van der Waals surface area contributed by atoms with Crippen molar-refractivity contribution in [3.8, 4) is 0 Å². The van der Waals surface area contributed by atoms with E-state index in [0.29, 0.717) is 10.9 Å². The maximum Gasteiger partial charge on any atom is 0.332 e. The van der Waals surface area contributed by atoms with Crippen LogP contribution in [0.5, 0.6) is 0 Å². The minimum absolute atomic E-state index is 0.0264. The van der Waals surface area contributed by atoms with Gasteiger partial charge < -0.3 is 5.32 Å². The van der Waals surface area contributed by atoms with Crippen LogP contribution >= 0.6 is 11.8 Å². The summed E-state index contributed by atoms with van der Waals surface area (Å²) in [6.07, 6.45) is 2.95. The van der Waals surface area contributed by atoms with Gasteiger partial charge >= 0.3 is 5.69 Å². The van der Waals surface area contributed by atoms with Crippen LogP contribution in [0.1, 0.15) is 63.5 Å². The fraction of sp³-hybridized carbons (Fsp3) is 0.480. The summed E-state index contributed by atoms with van der Waals surface area (Å²) in [5, 5.41) is 3.36. The first-order chi connectivity index (χ1) is 16.0. The summed E-state index contributed by atoms with van der Waals surface area (Å²) in [5.41, 5.74) is 1.41. The molecule has 1 N–H and O–H groups in total. The van der Waals surface area contributed by atoms with E-state index >= 15 is 0 Å². The SMILES string of the molecule is C[C@@H](Sc1nc(C(C)(C)C)nc2c1c(=O)n(C)c(=O)n2C)C(=O)N[C@H]1CCCc2ccccc21. The number of thioether (sulfide) groups is 1. The van der Waals surface area contributed by atoms with E-state index in [-0.39, 0.29) is 23.0 Å². The van der Waals surface area contributed by atoms with Crippen LogP contribution in [0.25, 0.3) is 11.0 Å². The number of nitrogens with one attached hydrogen (secondary N) is 1. The maximum absolute atomic E-state index is 13.2. The molecule has 2 atom stereocenters. The van der Waals surface area contributed by atoms with Gasteiger partial charge in [0.15, 0.2) is 5.65 Å². The number of amides is 1. The highest BCUT2D eigenvalue weighted by Gasteiger charge is 2.28. The van der Waals surface area contributed by atoms with Crippen LogP contribution in [0.2, 0.25) is 0 Å². The van der Waals surface area contributed by atoms with Gasteiger partial charge in [-0.05, 0) is 37.3 Å². The van der Waals surface area contributed by atoms with Crippen molar-refractivity contribution in [1.29, 1.82) is 0 Å². The van der Waals surface area contributed by atoms with Gasteiger partial charge in [0.2, 0.25) is 5.91 Å². The van der Waals surface area contributed by atoms with Gasteiger partial charge in [0, 0.05) is 19.5 Å². The van der Waals surface area contributed by atoms with Crippen LogP contribution in [-0.4, -0.2) is 30.3 Å². The molecule has 4 rings (SSSR count). The molecule has 0 radical (unpaired) electrons. The van der Waals surface area contributed by atoms with E-state index in [2.05, 4.69) is 22.4 Å². The molecule has 8 nitrogen and oxygen atoms in total. The van der Waals surface area contributed by atoms with Crippen LogP contribution in [0.4, 0.5) is 0 Å². The normalized spacial score (nSPS) is 16.8. The summed E-state index contributed by atoms with van der Waals surface area (Å²) in [6.45, 7) is 7.72. The minimum Gasteiger partial charge on any atom is -0.348 e. The highest BCUT2D eigenvalue weighted by molar-refractivity contribution is 8.00. The predicted octanol–water partition coefficient (Wildman–Crippen LogP) is 3.00. The summed E-state index contributed by atoms with van der Waals surface area (Å²) in [5.74, 6) is 0.400. The largest absolute Gasteiger partial charge is 0.348 e. The van der Waals surface area contributed by atoms with Gasteiger partial charge in [-0.25, -0.2) is 14.8 Å². The number of rotatable bonds is 4. The van der Waals surface area contributed by atoms with Gasteiger partial charge in [0.05, 0.1) is 11.3 Å². The summed E-state index contributed by atoms with van der Waals surface area (Å²) in [6, 6.07) is 8.20. The predicted molar refractivity (Wildman–Crippen MR) is 134 cm³/mol. The third-order valence-electron chi connectivity index (χ3n) is 6.28. The number of carbonyl (C=O) groups is 1. The summed E-state index contributed by atoms with van der Waals surface area (Å²) in [7, 11) is 3.03. The Morgan fingerprint density at radius 3 is 2.56 bits per heavy atom. The van der Waals surface area contributed by atoms with E-state index in [1.54, 1.807) is 7.05 Å². The monoisotopic (exact) mass is 481 g/mol. The summed E-state index contributed by atoms with van der Waals surface area (Å²) >= 11 is 1.23. The Morgan fingerprint density at radius 2 is 1.85 bits per heavy atom. The molecule has 0 saturated heterocycles. The Balaban J connectivity index is 1.70. The topological polar surface area (TPSA) is 98.9 Å². The number of benzene rings is 1. The first-order valence-corrected chi connectivity index (χ1v) is 12.4. The van der Waals surface area contributed by atoms with Gasteiger partial charge in [-0.2, -0.15) is 0 Å². The zero-order valence-corrected chi connectivity index (χ0v) is 21.3. The third-order valence-corrected chi connectivity index (χ3v) is 7.37. The van der Waals surface area contributed by atoms with E-state index in [1.165, 1.54) is 34.5 Å². The Kier molecular flexibility index (Phi) is 6.42. The van der Waals surface area contributed by atoms with Crippen LogP contribution < -0.4 is 16.6 Å². The van der Waals surface area contributed by atoms with Crippen molar-refractivity contribution in [3.05, 3.63) is 62.1 Å². The Labute approximate surface area is 202 Å². The zero-order valence-electron chi connectivity index (χ0n) is 20.5. The van der Waals surface area contributed by atoms with Crippen molar-refractivity contribution >= 4 is 28.7 Å². The highest BCUT2D eigenvalue weighted by Crippen LogP contribution is 2.32. The molecule has 9 heteroatoms. The number of hydrogen-bond donors (Lipinski definition) is 1. The van der Waals surface area contributed by atoms with Gasteiger partial charge in [0.25, 0.3) is 5.56 Å². The molecule has 0 unspecified atom stereocenters. The Hall–Kier alpha value is -2.94. The van der Waals surface area contributed by atoms with Crippen LogP contribution in [-0.2, 0) is 30.7 Å². The molecular formula is C25H31N5O3S. The van der Waals surface area contributed by atoms with Crippen molar-refractivity contribution in [2.24, 2.45) is 14.1 Å².